The molecule has 0 saturated carbocycles. The molecule has 0 atom stereocenters. The summed E-state index contributed by atoms with van der Waals surface area (Å²) in [5.41, 5.74) is -2.21. The number of methoxy groups -OCH3 is 2. The Morgan fingerprint density at radius 2 is 1.39 bits per heavy atom. The van der Waals surface area contributed by atoms with Crippen LogP contribution in [0.4, 0.5) is 39.5 Å². The number of hydrogen-bond acceptors (Lipinski definition) is 6. The maximum absolute atomic E-state index is 13.9. The lowest BCUT2D eigenvalue weighted by Crippen LogP contribution is -2.58. The highest BCUT2D eigenvalue weighted by molar-refractivity contribution is 5.84. The molecule has 2 aromatic carbocycles. The Balaban J connectivity index is 1.92. The average Bonchev–Trinajstić information content (AvgIpc) is 2.81. The van der Waals surface area contributed by atoms with Crippen LogP contribution in [0.3, 0.4) is 0 Å². The van der Waals surface area contributed by atoms with Crippen molar-refractivity contribution in [1.82, 2.24) is 0 Å². The molecule has 0 bridgehead atoms. The van der Waals surface area contributed by atoms with Gasteiger partial charge in [-0.2, -0.15) is 26.3 Å². The van der Waals surface area contributed by atoms with Gasteiger partial charge in [0.15, 0.2) is 6.61 Å². The lowest BCUT2D eigenvalue weighted by Gasteiger charge is -2.32. The minimum absolute atomic E-state index is 0.0117. The van der Waals surface area contributed by atoms with Crippen LogP contribution in [0.1, 0.15) is 0 Å². The average molecular weight is 560 g/mol. The van der Waals surface area contributed by atoms with Crippen molar-refractivity contribution in [2.45, 2.75) is 24.1 Å². The molecule has 0 N–H and O–H groups in total. The zero-order valence-corrected chi connectivity index (χ0v) is 19.3. The van der Waals surface area contributed by atoms with Crippen LogP contribution < -0.4 is 19.8 Å². The van der Waals surface area contributed by atoms with E-state index in [1.54, 1.807) is 0 Å². The Morgan fingerprint density at radius 3 is 2.00 bits per heavy atom. The quantitative estimate of drug-likeness (QED) is 0.214. The van der Waals surface area contributed by atoms with Crippen molar-refractivity contribution in [3.8, 4) is 28.4 Å². The summed E-state index contributed by atoms with van der Waals surface area (Å²) in [5, 5.41) is 0.0597. The first-order valence-corrected chi connectivity index (χ1v) is 10.3. The molecule has 208 valence electrons. The molecule has 0 unspecified atom stereocenters. The number of fused-ring (bicyclic) bond motifs is 1. The van der Waals surface area contributed by atoms with Gasteiger partial charge in [0.2, 0.25) is 0 Å². The second-order valence-electron chi connectivity index (χ2n) is 7.76. The fourth-order valence-corrected chi connectivity index (χ4v) is 3.23. The van der Waals surface area contributed by atoms with Crippen molar-refractivity contribution in [3.05, 3.63) is 52.9 Å². The van der Waals surface area contributed by atoms with Gasteiger partial charge in [-0.05, 0) is 30.3 Å². The molecule has 0 aliphatic carbocycles. The fraction of sp³-hybridized carbons (Fsp3) is 0.348. The molecule has 0 fully saturated rings. The molecule has 0 spiro atoms. The van der Waals surface area contributed by atoms with Crippen LogP contribution in [-0.2, 0) is 4.74 Å². The van der Waals surface area contributed by atoms with Gasteiger partial charge in [0, 0.05) is 30.2 Å². The van der Waals surface area contributed by atoms with Gasteiger partial charge in [0.05, 0.1) is 12.7 Å². The summed E-state index contributed by atoms with van der Waals surface area (Å²) < 4.78 is 143. The molecular formula is C23H17F9O6. The molecule has 3 aromatic rings. The monoisotopic (exact) mass is 560 g/mol. The van der Waals surface area contributed by atoms with Crippen molar-refractivity contribution in [1.29, 1.82) is 0 Å². The summed E-state index contributed by atoms with van der Waals surface area (Å²) in [6, 6.07) is 7.26. The molecule has 0 saturated heterocycles. The molecule has 3 rings (SSSR count). The van der Waals surface area contributed by atoms with E-state index in [4.69, 9.17) is 9.15 Å². The SMILES string of the molecule is COCC(F)(F)C(F)(F)C(F)(F)COc1ccc2cc(-c3ccc(OC)cc3OC(F)(F)F)c(=O)oc2c1. The van der Waals surface area contributed by atoms with Crippen molar-refractivity contribution >= 4 is 11.0 Å². The summed E-state index contributed by atoms with van der Waals surface area (Å²) in [5.74, 6) is -17.7. The van der Waals surface area contributed by atoms with E-state index in [1.807, 2.05) is 0 Å². The van der Waals surface area contributed by atoms with Gasteiger partial charge in [-0.1, -0.05) is 0 Å². The predicted molar refractivity (Wildman–Crippen MR) is 113 cm³/mol. The number of ether oxygens (including phenoxy) is 4. The summed E-state index contributed by atoms with van der Waals surface area (Å²) >= 11 is 0. The lowest BCUT2D eigenvalue weighted by atomic mass is 10.0. The highest BCUT2D eigenvalue weighted by atomic mass is 19.4. The van der Waals surface area contributed by atoms with Gasteiger partial charge in [-0.25, -0.2) is 4.79 Å². The first kappa shape index (κ1) is 28.9. The predicted octanol–water partition coefficient (Wildman–Crippen LogP) is 6.30. The van der Waals surface area contributed by atoms with Crippen LogP contribution in [0.25, 0.3) is 22.1 Å². The van der Waals surface area contributed by atoms with E-state index in [1.165, 1.54) is 13.2 Å². The van der Waals surface area contributed by atoms with Gasteiger partial charge >= 0.3 is 29.8 Å². The standard InChI is InChI=1S/C23H17F9O6/c1-34-10-20(24,25)22(28,29)21(26,27)11-36-14-4-3-12-7-16(19(33)37-17(12)9-14)15-6-5-13(35-2)8-18(15)38-23(30,31)32/h3-9H,10-11H2,1-2H3. The fourth-order valence-electron chi connectivity index (χ4n) is 3.23. The number of halogens is 9. The van der Waals surface area contributed by atoms with E-state index in [9.17, 15) is 44.3 Å². The molecule has 0 aliphatic heterocycles. The zero-order chi connectivity index (χ0) is 28.5. The number of rotatable bonds is 10. The highest BCUT2D eigenvalue weighted by Crippen LogP contribution is 2.46. The van der Waals surface area contributed by atoms with Crippen molar-refractivity contribution in [2.24, 2.45) is 0 Å². The molecule has 1 aromatic heterocycles. The lowest BCUT2D eigenvalue weighted by molar-refractivity contribution is -0.323. The minimum Gasteiger partial charge on any atom is -0.497 e. The highest BCUT2D eigenvalue weighted by Gasteiger charge is 2.71. The third kappa shape index (κ3) is 5.92. The van der Waals surface area contributed by atoms with Crippen LogP contribution in [0.5, 0.6) is 17.2 Å². The summed E-state index contributed by atoms with van der Waals surface area (Å²) in [6.45, 7) is -4.14. The van der Waals surface area contributed by atoms with Gasteiger partial charge in [0.25, 0.3) is 0 Å². The largest absolute Gasteiger partial charge is 0.573 e. The summed E-state index contributed by atoms with van der Waals surface area (Å²) in [7, 11) is 1.82. The Labute approximate surface area is 207 Å². The van der Waals surface area contributed by atoms with Crippen LogP contribution in [0.2, 0.25) is 0 Å². The summed E-state index contributed by atoms with van der Waals surface area (Å²) in [4.78, 5) is 12.5. The second kappa shape index (κ2) is 10.3. The molecule has 0 radical (unpaired) electrons. The first-order chi connectivity index (χ1) is 17.5. The van der Waals surface area contributed by atoms with Crippen LogP contribution >= 0.6 is 0 Å². The Bertz CT molecular complexity index is 1350. The van der Waals surface area contributed by atoms with Crippen LogP contribution in [0, 0.1) is 0 Å². The van der Waals surface area contributed by atoms with Crippen LogP contribution in [-0.4, -0.2) is 51.6 Å². The normalized spacial score (nSPS) is 13.0. The molecule has 0 amide bonds. The third-order valence-corrected chi connectivity index (χ3v) is 5.08. The molecule has 6 nitrogen and oxygen atoms in total. The maximum Gasteiger partial charge on any atom is 0.573 e. The zero-order valence-electron chi connectivity index (χ0n) is 19.3. The van der Waals surface area contributed by atoms with Crippen molar-refractivity contribution in [2.75, 3.05) is 27.4 Å². The smallest absolute Gasteiger partial charge is 0.497 e. The van der Waals surface area contributed by atoms with Gasteiger partial charge < -0.3 is 23.4 Å². The van der Waals surface area contributed by atoms with E-state index in [0.29, 0.717) is 7.11 Å². The topological polar surface area (TPSA) is 67.1 Å². The number of hydrogen-bond donors (Lipinski definition) is 0. The molecular weight excluding hydrogens is 543 g/mol. The Morgan fingerprint density at radius 1 is 0.763 bits per heavy atom. The van der Waals surface area contributed by atoms with Gasteiger partial charge in [0.1, 0.15) is 29.4 Å². The molecule has 15 heteroatoms. The van der Waals surface area contributed by atoms with E-state index in [2.05, 4.69) is 14.2 Å². The number of benzene rings is 2. The van der Waals surface area contributed by atoms with Crippen LogP contribution in [0.15, 0.2) is 51.7 Å². The first-order valence-electron chi connectivity index (χ1n) is 10.3. The second-order valence-corrected chi connectivity index (χ2v) is 7.76. The van der Waals surface area contributed by atoms with Crippen molar-refractivity contribution in [3.63, 3.8) is 0 Å². The van der Waals surface area contributed by atoms with E-state index >= 15 is 0 Å². The van der Waals surface area contributed by atoms with E-state index < -0.39 is 54.5 Å². The third-order valence-electron chi connectivity index (χ3n) is 5.08. The minimum atomic E-state index is -5.83. The van der Waals surface area contributed by atoms with Crippen molar-refractivity contribution < 1.29 is 62.9 Å². The molecule has 38 heavy (non-hydrogen) atoms. The number of alkyl halides is 9. The summed E-state index contributed by atoms with van der Waals surface area (Å²) in [6.07, 6.45) is -5.11. The maximum atomic E-state index is 13.9. The van der Waals surface area contributed by atoms with Gasteiger partial charge in [-0.3, -0.25) is 0 Å². The molecule has 1 heterocycles. The Kier molecular flexibility index (Phi) is 7.82. The molecule has 0 aliphatic rings. The Hall–Kier alpha value is -3.62. The van der Waals surface area contributed by atoms with Gasteiger partial charge in [-0.15, -0.1) is 13.2 Å². The van der Waals surface area contributed by atoms with E-state index in [0.717, 1.165) is 36.4 Å². The van der Waals surface area contributed by atoms with E-state index in [-0.39, 0.29) is 27.8 Å².